The van der Waals surface area contributed by atoms with Crippen LogP contribution in [0, 0.1) is 0 Å². The molecule has 2 aliphatic rings. The topological polar surface area (TPSA) is 6.25 Å². The van der Waals surface area contributed by atoms with Crippen LogP contribution in [0.15, 0.2) is 144 Å². The van der Waals surface area contributed by atoms with Crippen molar-refractivity contribution in [2.24, 2.45) is 0 Å². The molecule has 0 fully saturated rings. The second-order valence-electron chi connectivity index (χ2n) is 13.6. The number of rotatable bonds is 11. The van der Waals surface area contributed by atoms with Crippen LogP contribution < -0.4 is 4.90 Å². The summed E-state index contributed by atoms with van der Waals surface area (Å²) in [6.07, 6.45) is 12.9. The van der Waals surface area contributed by atoms with Gasteiger partial charge in [-0.1, -0.05) is 123 Å². The van der Waals surface area contributed by atoms with E-state index in [1.807, 2.05) is 0 Å². The number of hydrogen-bond acceptors (Lipinski definition) is 1. The van der Waals surface area contributed by atoms with Gasteiger partial charge in [-0.2, -0.15) is 4.58 Å². The minimum absolute atomic E-state index is 0.111. The molecule has 3 heteroatoms. The fourth-order valence-corrected chi connectivity index (χ4v) is 7.43. The molecule has 46 heavy (non-hydrogen) atoms. The Labute approximate surface area is 281 Å². The molecule has 2 nitrogen and oxygen atoms in total. The Balaban J connectivity index is 1.25. The second-order valence-corrected chi connectivity index (χ2v) is 14.0. The quantitative estimate of drug-likeness (QED) is 0.119. The zero-order valence-corrected chi connectivity index (χ0v) is 28.5. The van der Waals surface area contributed by atoms with Crippen molar-refractivity contribution in [2.75, 3.05) is 18.0 Å². The minimum atomic E-state index is -0.111. The second kappa shape index (κ2) is 13.7. The lowest BCUT2D eigenvalue weighted by Gasteiger charge is -2.27. The summed E-state index contributed by atoms with van der Waals surface area (Å²) in [5.74, 6) is 0. The molecule has 2 heterocycles. The van der Waals surface area contributed by atoms with Crippen LogP contribution in [-0.4, -0.2) is 23.4 Å². The third-order valence-corrected chi connectivity index (χ3v) is 10.0. The summed E-state index contributed by atoms with van der Waals surface area (Å²) in [5, 5.41) is 0.729. The molecule has 0 aromatic heterocycles. The van der Waals surface area contributed by atoms with E-state index in [0.29, 0.717) is 0 Å². The largest absolute Gasteiger partial charge is 0.344 e. The van der Waals surface area contributed by atoms with Gasteiger partial charge in [0.2, 0.25) is 5.69 Å². The predicted octanol–water partition coefficient (Wildman–Crippen LogP) is 10.7. The normalized spacial score (nSPS) is 17.6. The fourth-order valence-electron chi connectivity index (χ4n) is 7.31. The molecule has 0 spiro atoms. The van der Waals surface area contributed by atoms with E-state index >= 15 is 0 Å². The molecular weight excluding hydrogens is 580 g/mol. The lowest BCUT2D eigenvalue weighted by atomic mass is 9.81. The summed E-state index contributed by atoms with van der Waals surface area (Å²) in [6, 6.07) is 39.2. The van der Waals surface area contributed by atoms with E-state index in [1.165, 1.54) is 45.0 Å². The predicted molar refractivity (Wildman–Crippen MR) is 197 cm³/mol. The average molecular weight is 626 g/mol. The van der Waals surface area contributed by atoms with E-state index in [0.717, 1.165) is 43.8 Å². The van der Waals surface area contributed by atoms with E-state index < -0.39 is 0 Å². The molecule has 0 bridgehead atoms. The first-order valence-electron chi connectivity index (χ1n) is 16.7. The van der Waals surface area contributed by atoms with Crippen molar-refractivity contribution >= 4 is 28.7 Å². The van der Waals surface area contributed by atoms with Gasteiger partial charge in [-0.15, -0.1) is 0 Å². The van der Waals surface area contributed by atoms with E-state index in [1.54, 1.807) is 0 Å². The van der Waals surface area contributed by atoms with Gasteiger partial charge >= 0.3 is 0 Å². The summed E-state index contributed by atoms with van der Waals surface area (Å²) in [7, 11) is 0. The number of benzene rings is 4. The summed E-state index contributed by atoms with van der Waals surface area (Å²) >= 11 is 6.99. The molecule has 0 unspecified atom stereocenters. The number of nitrogens with zero attached hydrogens (tertiary/aromatic N) is 2. The van der Waals surface area contributed by atoms with Crippen LogP contribution in [0.1, 0.15) is 62.8 Å². The van der Waals surface area contributed by atoms with Crippen molar-refractivity contribution < 1.29 is 4.58 Å². The highest BCUT2D eigenvalue weighted by Crippen LogP contribution is 2.47. The third-order valence-electron chi connectivity index (χ3n) is 9.78. The number of anilines is 1. The highest BCUT2D eigenvalue weighted by atomic mass is 35.5. The SMILES string of the molecule is CC1(C)C(/C=C/C(Cl)=C/C=C2/N(CCCc3ccccc3)c3ccccc3C2(C)C)=[N+](CCCc2ccccc2)c2ccccc21. The zero-order chi connectivity index (χ0) is 32.1. The molecule has 0 amide bonds. The van der Waals surface area contributed by atoms with E-state index in [-0.39, 0.29) is 10.8 Å². The minimum Gasteiger partial charge on any atom is -0.344 e. The molecule has 234 valence electrons. The van der Waals surface area contributed by atoms with Crippen molar-refractivity contribution in [1.29, 1.82) is 0 Å². The highest BCUT2D eigenvalue weighted by Gasteiger charge is 2.44. The molecule has 0 atom stereocenters. The summed E-state index contributed by atoms with van der Waals surface area (Å²) in [6.45, 7) is 11.2. The molecule has 4 aromatic carbocycles. The lowest BCUT2D eigenvalue weighted by molar-refractivity contribution is -0.438. The standard InChI is InChI=1S/C43H46ClN2/c1-42(2)36-23-11-13-25-38(36)45(31-15-21-33-17-7-5-8-18-33)40(42)29-27-35(44)28-30-41-43(3,4)37-24-12-14-26-39(37)46(41)32-16-22-34-19-9-6-10-20-34/h5-14,17-20,23-30H,15-16,21-22,31-32H2,1-4H3/q+1. The Morgan fingerprint density at radius 3 is 1.98 bits per heavy atom. The first kappa shape index (κ1) is 31.8. The molecule has 0 saturated heterocycles. The molecule has 6 rings (SSSR count). The van der Waals surface area contributed by atoms with Crippen LogP contribution >= 0.6 is 11.6 Å². The van der Waals surface area contributed by atoms with E-state index in [2.05, 4.69) is 171 Å². The van der Waals surface area contributed by atoms with E-state index in [4.69, 9.17) is 11.6 Å². The number of allylic oxidation sites excluding steroid dienone is 6. The smallest absolute Gasteiger partial charge is 0.209 e. The van der Waals surface area contributed by atoms with Crippen LogP contribution in [0.25, 0.3) is 0 Å². The monoisotopic (exact) mass is 625 g/mol. The Kier molecular flexibility index (Phi) is 9.47. The van der Waals surface area contributed by atoms with Crippen molar-refractivity contribution in [1.82, 2.24) is 0 Å². The number of fused-ring (bicyclic) bond motifs is 2. The van der Waals surface area contributed by atoms with Crippen molar-refractivity contribution in [2.45, 2.75) is 64.2 Å². The summed E-state index contributed by atoms with van der Waals surface area (Å²) in [4.78, 5) is 2.50. The third kappa shape index (κ3) is 6.55. The van der Waals surface area contributed by atoms with Gasteiger partial charge in [-0.25, -0.2) is 0 Å². The van der Waals surface area contributed by atoms with Gasteiger partial charge in [0.1, 0.15) is 6.54 Å². The number of aryl methyl sites for hydroxylation is 2. The van der Waals surface area contributed by atoms with Crippen LogP contribution in [0.5, 0.6) is 0 Å². The van der Waals surface area contributed by atoms with Crippen LogP contribution in [0.2, 0.25) is 0 Å². The maximum absolute atomic E-state index is 6.99. The van der Waals surface area contributed by atoms with Crippen LogP contribution in [-0.2, 0) is 23.7 Å². The number of hydrogen-bond donors (Lipinski definition) is 0. The van der Waals surface area contributed by atoms with Gasteiger partial charge < -0.3 is 4.90 Å². The van der Waals surface area contributed by atoms with Crippen LogP contribution in [0.4, 0.5) is 11.4 Å². The Bertz CT molecular complexity index is 1790. The van der Waals surface area contributed by atoms with Gasteiger partial charge in [0.15, 0.2) is 5.71 Å². The van der Waals surface area contributed by atoms with Gasteiger partial charge in [-0.05, 0) is 74.1 Å². The molecule has 0 aliphatic carbocycles. The molecule has 0 saturated carbocycles. The van der Waals surface area contributed by atoms with Crippen molar-refractivity contribution in [3.05, 3.63) is 166 Å². The zero-order valence-electron chi connectivity index (χ0n) is 27.7. The summed E-state index contributed by atoms with van der Waals surface area (Å²) in [5.41, 5.74) is 10.5. The van der Waals surface area contributed by atoms with Crippen molar-refractivity contribution in [3.8, 4) is 0 Å². The number of halogens is 1. The number of para-hydroxylation sites is 2. The maximum Gasteiger partial charge on any atom is 0.209 e. The van der Waals surface area contributed by atoms with E-state index in [9.17, 15) is 0 Å². The van der Waals surface area contributed by atoms with Gasteiger partial charge in [-0.3, -0.25) is 0 Å². The molecular formula is C43H46ClN2+. The first-order valence-corrected chi connectivity index (χ1v) is 17.1. The molecule has 0 N–H and O–H groups in total. The van der Waals surface area contributed by atoms with Gasteiger partial charge in [0, 0.05) is 52.5 Å². The van der Waals surface area contributed by atoms with Crippen LogP contribution in [0.3, 0.4) is 0 Å². The van der Waals surface area contributed by atoms with Gasteiger partial charge in [0.25, 0.3) is 0 Å². The lowest BCUT2D eigenvalue weighted by Crippen LogP contribution is -2.28. The first-order chi connectivity index (χ1) is 22.3. The molecule has 0 radical (unpaired) electrons. The van der Waals surface area contributed by atoms with Crippen molar-refractivity contribution in [3.63, 3.8) is 0 Å². The Hall–Kier alpha value is -4.14. The Morgan fingerprint density at radius 1 is 0.696 bits per heavy atom. The van der Waals surface area contributed by atoms with Gasteiger partial charge in [0.05, 0.1) is 5.41 Å². The average Bonchev–Trinajstić information content (AvgIpc) is 3.42. The maximum atomic E-state index is 6.99. The molecule has 4 aromatic rings. The fraction of sp³-hybridized carbons (Fsp3) is 0.279. The highest BCUT2D eigenvalue weighted by molar-refractivity contribution is 6.31. The Morgan fingerprint density at radius 2 is 1.28 bits per heavy atom. The molecule has 2 aliphatic heterocycles. The summed E-state index contributed by atoms with van der Waals surface area (Å²) < 4.78 is 2.50.